The molecule has 106 valence electrons. The molecule has 3 rings (SSSR count). The molecular formula is C15H10BrF2N3. The average Bonchev–Trinajstić information content (AvgIpc) is 2.43. The molecule has 1 aromatic heterocycles. The number of aryl methyl sites for hydroxylation is 1. The van der Waals surface area contributed by atoms with Crippen LogP contribution >= 0.6 is 15.9 Å². The summed E-state index contributed by atoms with van der Waals surface area (Å²) in [7, 11) is 0. The molecule has 0 aliphatic carbocycles. The summed E-state index contributed by atoms with van der Waals surface area (Å²) in [5, 5.41) is 0.673. The second-order valence-corrected chi connectivity index (χ2v) is 5.59. The normalized spacial score (nSPS) is 11.0. The number of nitrogen functional groups attached to an aromatic ring is 1. The number of benzene rings is 2. The summed E-state index contributed by atoms with van der Waals surface area (Å²) in [6, 6.07) is 7.57. The van der Waals surface area contributed by atoms with E-state index in [0.717, 1.165) is 10.5 Å². The van der Waals surface area contributed by atoms with Crippen LogP contribution in [0.3, 0.4) is 0 Å². The van der Waals surface area contributed by atoms with Gasteiger partial charge in [-0.15, -0.1) is 0 Å². The van der Waals surface area contributed by atoms with Crippen LogP contribution < -0.4 is 5.73 Å². The topological polar surface area (TPSA) is 51.8 Å². The zero-order valence-electron chi connectivity index (χ0n) is 11.0. The van der Waals surface area contributed by atoms with Crippen LogP contribution in [0.5, 0.6) is 0 Å². The first-order chi connectivity index (χ1) is 9.95. The molecule has 21 heavy (non-hydrogen) atoms. The van der Waals surface area contributed by atoms with Crippen molar-refractivity contribution in [2.45, 2.75) is 6.92 Å². The predicted octanol–water partition coefficient (Wildman–Crippen LogP) is 4.23. The van der Waals surface area contributed by atoms with Gasteiger partial charge in [0.25, 0.3) is 0 Å². The third kappa shape index (κ3) is 2.47. The fourth-order valence-electron chi connectivity index (χ4n) is 2.07. The molecule has 2 aromatic carbocycles. The van der Waals surface area contributed by atoms with Gasteiger partial charge in [-0.25, -0.2) is 18.7 Å². The zero-order valence-corrected chi connectivity index (χ0v) is 12.6. The van der Waals surface area contributed by atoms with Gasteiger partial charge in [-0.3, -0.25) is 0 Å². The summed E-state index contributed by atoms with van der Waals surface area (Å²) in [6.45, 7) is 1.56. The van der Waals surface area contributed by atoms with Crippen LogP contribution in [0.25, 0.3) is 22.3 Å². The van der Waals surface area contributed by atoms with Gasteiger partial charge < -0.3 is 5.73 Å². The Morgan fingerprint density at radius 1 is 1.05 bits per heavy atom. The Bertz CT molecular complexity index is 865. The molecule has 0 bridgehead atoms. The molecule has 3 nitrogen and oxygen atoms in total. The lowest BCUT2D eigenvalue weighted by molar-refractivity contribution is 0.579. The molecule has 0 saturated heterocycles. The van der Waals surface area contributed by atoms with Crippen molar-refractivity contribution in [2.75, 3.05) is 5.73 Å². The van der Waals surface area contributed by atoms with Crippen LogP contribution in [0.4, 0.5) is 14.6 Å². The third-order valence-electron chi connectivity index (χ3n) is 3.18. The zero-order chi connectivity index (χ0) is 15.1. The predicted molar refractivity (Wildman–Crippen MR) is 81.7 cm³/mol. The monoisotopic (exact) mass is 349 g/mol. The summed E-state index contributed by atoms with van der Waals surface area (Å²) in [6.07, 6.45) is 0. The Morgan fingerprint density at radius 3 is 2.57 bits per heavy atom. The van der Waals surface area contributed by atoms with E-state index >= 15 is 0 Å². The first-order valence-electron chi connectivity index (χ1n) is 6.14. The summed E-state index contributed by atoms with van der Waals surface area (Å²) in [4.78, 5) is 8.43. The molecular weight excluding hydrogens is 340 g/mol. The minimum absolute atomic E-state index is 0.130. The molecule has 6 heteroatoms. The molecule has 0 spiro atoms. The second kappa shape index (κ2) is 5.04. The van der Waals surface area contributed by atoms with Crippen molar-refractivity contribution >= 4 is 32.7 Å². The van der Waals surface area contributed by atoms with Gasteiger partial charge in [0.1, 0.15) is 17.5 Å². The molecule has 0 unspecified atom stereocenters. The number of aromatic nitrogens is 2. The van der Waals surface area contributed by atoms with E-state index in [2.05, 4.69) is 25.9 Å². The molecule has 0 aliphatic heterocycles. The van der Waals surface area contributed by atoms with Crippen molar-refractivity contribution in [3.8, 4) is 11.4 Å². The molecule has 0 aliphatic rings. The first kappa shape index (κ1) is 13.9. The Balaban J connectivity index is 2.26. The molecule has 0 atom stereocenters. The first-order valence-corrected chi connectivity index (χ1v) is 6.94. The number of halogens is 3. The quantitative estimate of drug-likeness (QED) is 0.715. The highest BCUT2D eigenvalue weighted by atomic mass is 79.9. The van der Waals surface area contributed by atoms with Crippen molar-refractivity contribution in [3.05, 3.63) is 52.0 Å². The minimum Gasteiger partial charge on any atom is -0.383 e. The molecule has 0 saturated carbocycles. The Labute approximate surface area is 128 Å². The maximum absolute atomic E-state index is 13.9. The fourth-order valence-corrected chi connectivity index (χ4v) is 2.43. The van der Waals surface area contributed by atoms with E-state index < -0.39 is 11.6 Å². The van der Waals surface area contributed by atoms with Crippen LogP contribution in [-0.2, 0) is 0 Å². The van der Waals surface area contributed by atoms with E-state index in [-0.39, 0.29) is 17.2 Å². The van der Waals surface area contributed by atoms with E-state index in [1.807, 2.05) is 6.07 Å². The summed E-state index contributed by atoms with van der Waals surface area (Å²) < 4.78 is 28.1. The number of nitrogens with two attached hydrogens (primary N) is 1. The summed E-state index contributed by atoms with van der Waals surface area (Å²) in [5.41, 5.74) is 6.97. The minimum atomic E-state index is -0.714. The third-order valence-corrected chi connectivity index (χ3v) is 3.67. The number of anilines is 1. The average molecular weight is 350 g/mol. The maximum Gasteiger partial charge on any atom is 0.165 e. The number of hydrogen-bond donors (Lipinski definition) is 1. The van der Waals surface area contributed by atoms with Gasteiger partial charge in [-0.1, -0.05) is 15.9 Å². The lowest BCUT2D eigenvalue weighted by Gasteiger charge is -2.08. The number of fused-ring (bicyclic) bond motifs is 1. The molecule has 0 radical (unpaired) electrons. The molecule has 1 heterocycles. The van der Waals surface area contributed by atoms with Crippen molar-refractivity contribution in [1.29, 1.82) is 0 Å². The van der Waals surface area contributed by atoms with E-state index in [9.17, 15) is 8.78 Å². The molecule has 2 N–H and O–H groups in total. The SMILES string of the molecule is Cc1cc(-c2nc(N)c3cc(Br)ccc3n2)c(F)cc1F. The Hall–Kier alpha value is -2.08. The van der Waals surface area contributed by atoms with Gasteiger partial charge in [-0.2, -0.15) is 0 Å². The van der Waals surface area contributed by atoms with Crippen LogP contribution in [-0.4, -0.2) is 9.97 Å². The highest BCUT2D eigenvalue weighted by Gasteiger charge is 2.14. The largest absolute Gasteiger partial charge is 0.383 e. The van der Waals surface area contributed by atoms with Crippen LogP contribution in [0, 0.1) is 18.6 Å². The number of hydrogen-bond acceptors (Lipinski definition) is 3. The van der Waals surface area contributed by atoms with Gasteiger partial charge in [0.05, 0.1) is 11.1 Å². The molecule has 0 amide bonds. The lowest BCUT2D eigenvalue weighted by atomic mass is 10.1. The fraction of sp³-hybridized carbons (Fsp3) is 0.0667. The van der Waals surface area contributed by atoms with Gasteiger partial charge in [-0.05, 0) is 36.8 Å². The van der Waals surface area contributed by atoms with Crippen LogP contribution in [0.2, 0.25) is 0 Å². The summed E-state index contributed by atoms with van der Waals surface area (Å²) in [5.74, 6) is -0.927. The van der Waals surface area contributed by atoms with Gasteiger partial charge in [0, 0.05) is 15.9 Å². The van der Waals surface area contributed by atoms with E-state index in [0.29, 0.717) is 16.5 Å². The van der Waals surface area contributed by atoms with E-state index in [4.69, 9.17) is 5.73 Å². The van der Waals surface area contributed by atoms with E-state index in [1.54, 1.807) is 19.1 Å². The summed E-state index contributed by atoms with van der Waals surface area (Å²) >= 11 is 3.35. The Morgan fingerprint density at radius 2 is 1.81 bits per heavy atom. The molecule has 3 aromatic rings. The Kier molecular flexibility index (Phi) is 3.33. The maximum atomic E-state index is 13.9. The van der Waals surface area contributed by atoms with Gasteiger partial charge >= 0.3 is 0 Å². The van der Waals surface area contributed by atoms with Gasteiger partial charge in [0.2, 0.25) is 0 Å². The van der Waals surface area contributed by atoms with Crippen molar-refractivity contribution < 1.29 is 8.78 Å². The number of rotatable bonds is 1. The highest BCUT2D eigenvalue weighted by molar-refractivity contribution is 9.10. The standard InChI is InChI=1S/C15H10BrF2N3/c1-7-4-9(12(18)6-11(7)17)15-20-13-3-2-8(16)5-10(13)14(19)21-15/h2-6H,1H3,(H2,19,20,21). The highest BCUT2D eigenvalue weighted by Crippen LogP contribution is 2.28. The van der Waals surface area contributed by atoms with E-state index in [1.165, 1.54) is 6.07 Å². The lowest BCUT2D eigenvalue weighted by Crippen LogP contribution is -2.00. The van der Waals surface area contributed by atoms with Crippen molar-refractivity contribution in [2.24, 2.45) is 0 Å². The number of nitrogens with zero attached hydrogens (tertiary/aromatic N) is 2. The van der Waals surface area contributed by atoms with Crippen LogP contribution in [0.1, 0.15) is 5.56 Å². The smallest absolute Gasteiger partial charge is 0.165 e. The van der Waals surface area contributed by atoms with Crippen LogP contribution in [0.15, 0.2) is 34.8 Å². The molecule has 0 fully saturated rings. The van der Waals surface area contributed by atoms with Crippen molar-refractivity contribution in [3.63, 3.8) is 0 Å². The van der Waals surface area contributed by atoms with Crippen molar-refractivity contribution in [1.82, 2.24) is 9.97 Å². The van der Waals surface area contributed by atoms with Gasteiger partial charge in [0.15, 0.2) is 5.82 Å². The second-order valence-electron chi connectivity index (χ2n) is 4.68.